The Morgan fingerprint density at radius 2 is 2.06 bits per heavy atom. The highest BCUT2D eigenvalue weighted by atomic mass is 16.5. The first-order chi connectivity index (χ1) is 7.72. The maximum absolute atomic E-state index is 5.93. The van der Waals surface area contributed by atoms with Crippen molar-refractivity contribution in [3.05, 3.63) is 28.8 Å². The Morgan fingerprint density at radius 1 is 1.31 bits per heavy atom. The zero-order valence-corrected chi connectivity index (χ0v) is 10.3. The summed E-state index contributed by atoms with van der Waals surface area (Å²) in [4.78, 5) is 0. The molecule has 0 fully saturated rings. The number of ether oxygens (including phenoxy) is 1. The molecule has 88 valence electrons. The molecule has 1 unspecified atom stereocenters. The van der Waals surface area contributed by atoms with Crippen molar-refractivity contribution in [1.82, 2.24) is 0 Å². The van der Waals surface area contributed by atoms with Crippen molar-refractivity contribution in [3.63, 3.8) is 0 Å². The smallest absolute Gasteiger partial charge is 0.122 e. The van der Waals surface area contributed by atoms with Crippen LogP contribution < -0.4 is 10.5 Å². The van der Waals surface area contributed by atoms with E-state index in [0.29, 0.717) is 0 Å². The molecule has 0 bridgehead atoms. The molecule has 2 heteroatoms. The third-order valence-electron chi connectivity index (χ3n) is 3.35. The predicted octanol–water partition coefficient (Wildman–Crippen LogP) is 2.46. The lowest BCUT2D eigenvalue weighted by Gasteiger charge is -2.22. The number of rotatable bonds is 3. The van der Waals surface area contributed by atoms with Crippen molar-refractivity contribution < 1.29 is 4.74 Å². The summed E-state index contributed by atoms with van der Waals surface area (Å²) in [7, 11) is 1.75. The maximum atomic E-state index is 5.93. The number of methoxy groups -OCH3 is 1. The fourth-order valence-electron chi connectivity index (χ4n) is 2.62. The van der Waals surface area contributed by atoms with Crippen LogP contribution >= 0.6 is 0 Å². The Balaban J connectivity index is 2.43. The zero-order valence-electron chi connectivity index (χ0n) is 10.3. The lowest BCUT2D eigenvalue weighted by atomic mass is 9.86. The van der Waals surface area contributed by atoms with Gasteiger partial charge in [-0.25, -0.2) is 0 Å². The number of hydrogen-bond acceptors (Lipinski definition) is 2. The van der Waals surface area contributed by atoms with Gasteiger partial charge in [-0.2, -0.15) is 0 Å². The van der Waals surface area contributed by atoms with Crippen molar-refractivity contribution in [3.8, 4) is 5.75 Å². The molecule has 0 aromatic heterocycles. The topological polar surface area (TPSA) is 35.2 Å². The third kappa shape index (κ3) is 2.22. The molecule has 0 amide bonds. The summed E-state index contributed by atoms with van der Waals surface area (Å²) in [5.41, 5.74) is 10.3. The number of fused-ring (bicyclic) bond motifs is 1. The van der Waals surface area contributed by atoms with Crippen LogP contribution in [0, 0.1) is 0 Å². The molecule has 0 spiro atoms. The SMILES string of the molecule is COc1ccc2c(c1CC(C)N)CCCC2. The van der Waals surface area contributed by atoms with E-state index in [4.69, 9.17) is 10.5 Å². The molecule has 0 heterocycles. The van der Waals surface area contributed by atoms with E-state index >= 15 is 0 Å². The summed E-state index contributed by atoms with van der Waals surface area (Å²) < 4.78 is 5.46. The number of hydrogen-bond donors (Lipinski definition) is 1. The highest BCUT2D eigenvalue weighted by Crippen LogP contribution is 2.31. The molecule has 0 aliphatic heterocycles. The third-order valence-corrected chi connectivity index (χ3v) is 3.35. The molecule has 2 N–H and O–H groups in total. The van der Waals surface area contributed by atoms with Gasteiger partial charge in [0.1, 0.15) is 5.75 Å². The van der Waals surface area contributed by atoms with Crippen LogP contribution in [0.25, 0.3) is 0 Å². The Kier molecular flexibility index (Phi) is 3.49. The monoisotopic (exact) mass is 219 g/mol. The number of benzene rings is 1. The normalized spacial score (nSPS) is 16.7. The second kappa shape index (κ2) is 4.88. The van der Waals surface area contributed by atoms with Crippen molar-refractivity contribution in [2.45, 2.75) is 45.1 Å². The standard InChI is InChI=1S/C14H21NO/c1-10(15)9-13-12-6-4-3-5-11(12)7-8-14(13)16-2/h7-8,10H,3-6,9,15H2,1-2H3. The van der Waals surface area contributed by atoms with E-state index in [9.17, 15) is 0 Å². The fraction of sp³-hybridized carbons (Fsp3) is 0.571. The molecule has 1 atom stereocenters. The van der Waals surface area contributed by atoms with Crippen molar-refractivity contribution in [2.75, 3.05) is 7.11 Å². The van der Waals surface area contributed by atoms with Crippen LogP contribution in [0.2, 0.25) is 0 Å². The maximum Gasteiger partial charge on any atom is 0.122 e. The molecular weight excluding hydrogens is 198 g/mol. The molecule has 1 aliphatic rings. The summed E-state index contributed by atoms with van der Waals surface area (Å²) in [6, 6.07) is 4.52. The molecule has 1 aromatic carbocycles. The summed E-state index contributed by atoms with van der Waals surface area (Å²) in [5, 5.41) is 0. The van der Waals surface area contributed by atoms with E-state index in [1.165, 1.54) is 42.4 Å². The van der Waals surface area contributed by atoms with Crippen molar-refractivity contribution >= 4 is 0 Å². The van der Waals surface area contributed by atoms with Gasteiger partial charge in [0.05, 0.1) is 7.11 Å². The Hall–Kier alpha value is -1.02. The minimum Gasteiger partial charge on any atom is -0.496 e. The van der Waals surface area contributed by atoms with Gasteiger partial charge in [0.25, 0.3) is 0 Å². The summed E-state index contributed by atoms with van der Waals surface area (Å²) in [5.74, 6) is 1.01. The number of aryl methyl sites for hydroxylation is 1. The van der Waals surface area contributed by atoms with Gasteiger partial charge in [-0.15, -0.1) is 0 Å². The average molecular weight is 219 g/mol. The van der Waals surface area contributed by atoms with Gasteiger partial charge < -0.3 is 10.5 Å². The number of nitrogens with two attached hydrogens (primary N) is 1. The largest absolute Gasteiger partial charge is 0.496 e. The molecule has 0 saturated carbocycles. The van der Waals surface area contributed by atoms with Crippen molar-refractivity contribution in [1.29, 1.82) is 0 Å². The van der Waals surface area contributed by atoms with Crippen LogP contribution in [0.1, 0.15) is 36.5 Å². The lowest BCUT2D eigenvalue weighted by Crippen LogP contribution is -2.20. The highest BCUT2D eigenvalue weighted by molar-refractivity contribution is 5.46. The lowest BCUT2D eigenvalue weighted by molar-refractivity contribution is 0.406. The van der Waals surface area contributed by atoms with Crippen LogP contribution in [-0.2, 0) is 19.3 Å². The van der Waals surface area contributed by atoms with Gasteiger partial charge in [-0.1, -0.05) is 6.07 Å². The minimum atomic E-state index is 0.197. The Labute approximate surface area is 97.8 Å². The van der Waals surface area contributed by atoms with Gasteiger partial charge in [-0.05, 0) is 61.8 Å². The first kappa shape index (κ1) is 11.5. The second-order valence-electron chi connectivity index (χ2n) is 4.77. The molecule has 1 aromatic rings. The van der Waals surface area contributed by atoms with Gasteiger partial charge in [0.15, 0.2) is 0 Å². The summed E-state index contributed by atoms with van der Waals surface area (Å²) >= 11 is 0. The van der Waals surface area contributed by atoms with Crippen LogP contribution in [0.5, 0.6) is 5.75 Å². The zero-order chi connectivity index (χ0) is 11.5. The van der Waals surface area contributed by atoms with Crippen molar-refractivity contribution in [2.24, 2.45) is 5.73 Å². The second-order valence-corrected chi connectivity index (χ2v) is 4.77. The van der Waals surface area contributed by atoms with E-state index in [1.807, 2.05) is 0 Å². The van der Waals surface area contributed by atoms with E-state index in [-0.39, 0.29) is 6.04 Å². The van der Waals surface area contributed by atoms with Crippen LogP contribution in [-0.4, -0.2) is 13.2 Å². The average Bonchev–Trinajstić information content (AvgIpc) is 2.29. The molecule has 2 nitrogen and oxygen atoms in total. The molecule has 1 aliphatic carbocycles. The first-order valence-electron chi connectivity index (χ1n) is 6.15. The fourth-order valence-corrected chi connectivity index (χ4v) is 2.62. The highest BCUT2D eigenvalue weighted by Gasteiger charge is 2.17. The molecule has 0 radical (unpaired) electrons. The van der Waals surface area contributed by atoms with Gasteiger partial charge in [0, 0.05) is 6.04 Å². The minimum absolute atomic E-state index is 0.197. The summed E-state index contributed by atoms with van der Waals surface area (Å²) in [6.45, 7) is 2.06. The van der Waals surface area contributed by atoms with Gasteiger partial charge >= 0.3 is 0 Å². The Morgan fingerprint density at radius 3 is 2.75 bits per heavy atom. The Bertz CT molecular complexity index is 371. The van der Waals surface area contributed by atoms with E-state index in [2.05, 4.69) is 19.1 Å². The van der Waals surface area contributed by atoms with E-state index < -0.39 is 0 Å². The molecule has 16 heavy (non-hydrogen) atoms. The molecular formula is C14H21NO. The van der Waals surface area contributed by atoms with Crippen LogP contribution in [0.15, 0.2) is 12.1 Å². The van der Waals surface area contributed by atoms with E-state index in [1.54, 1.807) is 7.11 Å². The van der Waals surface area contributed by atoms with Gasteiger partial charge in [0.2, 0.25) is 0 Å². The summed E-state index contributed by atoms with van der Waals surface area (Å²) in [6.07, 6.45) is 5.94. The van der Waals surface area contributed by atoms with Crippen LogP contribution in [0.4, 0.5) is 0 Å². The van der Waals surface area contributed by atoms with Crippen LogP contribution in [0.3, 0.4) is 0 Å². The predicted molar refractivity (Wildman–Crippen MR) is 67.0 cm³/mol. The molecule has 2 rings (SSSR count). The van der Waals surface area contributed by atoms with E-state index in [0.717, 1.165) is 12.2 Å². The van der Waals surface area contributed by atoms with Gasteiger partial charge in [-0.3, -0.25) is 0 Å². The first-order valence-corrected chi connectivity index (χ1v) is 6.15. The molecule has 0 saturated heterocycles. The quantitative estimate of drug-likeness (QED) is 0.847.